The first-order valence-corrected chi connectivity index (χ1v) is 6.35. The molecule has 1 aromatic carbocycles. The lowest BCUT2D eigenvalue weighted by Gasteiger charge is -2.06. The molecule has 0 fully saturated rings. The van der Waals surface area contributed by atoms with E-state index in [4.69, 9.17) is 9.47 Å². The molecule has 0 unspecified atom stereocenters. The van der Waals surface area contributed by atoms with Crippen LogP contribution in [0.25, 0.3) is 10.9 Å². The minimum atomic E-state index is -0.199. The van der Waals surface area contributed by atoms with Gasteiger partial charge in [0.2, 0.25) is 0 Å². The number of carbonyl (C=O) groups excluding carboxylic acids is 1. The summed E-state index contributed by atoms with van der Waals surface area (Å²) in [4.78, 5) is 11.6. The number of methoxy groups -OCH3 is 1. The number of aryl methyl sites for hydroxylation is 2. The lowest BCUT2D eigenvalue weighted by atomic mass is 10.1. The van der Waals surface area contributed by atoms with E-state index in [0.29, 0.717) is 6.61 Å². The second-order valence-electron chi connectivity index (χ2n) is 4.61. The van der Waals surface area contributed by atoms with Crippen molar-refractivity contribution in [2.75, 3.05) is 13.7 Å². The van der Waals surface area contributed by atoms with Gasteiger partial charge in [-0.3, -0.25) is 4.79 Å². The van der Waals surface area contributed by atoms with Gasteiger partial charge in [0, 0.05) is 18.6 Å². The van der Waals surface area contributed by atoms with E-state index in [1.54, 1.807) is 7.11 Å². The first-order valence-electron chi connectivity index (χ1n) is 6.35. The van der Waals surface area contributed by atoms with Crippen molar-refractivity contribution in [1.82, 2.24) is 4.57 Å². The molecule has 0 aliphatic rings. The zero-order chi connectivity index (χ0) is 14.0. The van der Waals surface area contributed by atoms with Gasteiger partial charge in [-0.05, 0) is 37.1 Å². The molecule has 0 radical (unpaired) electrons. The highest BCUT2D eigenvalue weighted by Gasteiger charge is 2.15. The molecule has 0 atom stereocenters. The van der Waals surface area contributed by atoms with Crippen LogP contribution in [-0.2, 0) is 23.0 Å². The van der Waals surface area contributed by atoms with Gasteiger partial charge in [0.15, 0.2) is 0 Å². The van der Waals surface area contributed by atoms with Crippen LogP contribution >= 0.6 is 0 Å². The van der Waals surface area contributed by atoms with E-state index in [1.807, 2.05) is 37.7 Å². The quantitative estimate of drug-likeness (QED) is 0.794. The molecule has 4 heteroatoms. The Bertz CT molecular complexity index is 613. The standard InChI is InChI=1S/C15H19NO3/c1-5-19-14(17)8-11-9-16(3)15-12(11)6-10(2)7-13(15)18-4/h6-7,9H,5,8H2,1-4H3. The number of hydrogen-bond acceptors (Lipinski definition) is 3. The molecule has 102 valence electrons. The highest BCUT2D eigenvalue weighted by Crippen LogP contribution is 2.31. The second kappa shape index (κ2) is 5.34. The fraction of sp³-hybridized carbons (Fsp3) is 0.400. The van der Waals surface area contributed by atoms with Crippen LogP contribution in [-0.4, -0.2) is 24.3 Å². The van der Waals surface area contributed by atoms with Crippen molar-refractivity contribution >= 4 is 16.9 Å². The number of esters is 1. The summed E-state index contributed by atoms with van der Waals surface area (Å²) in [5, 5.41) is 1.05. The molecule has 4 nitrogen and oxygen atoms in total. The van der Waals surface area contributed by atoms with E-state index >= 15 is 0 Å². The van der Waals surface area contributed by atoms with Gasteiger partial charge < -0.3 is 14.0 Å². The molecule has 0 aliphatic carbocycles. The molecule has 19 heavy (non-hydrogen) atoms. The average Bonchev–Trinajstić information content (AvgIpc) is 2.65. The van der Waals surface area contributed by atoms with E-state index in [-0.39, 0.29) is 12.4 Å². The molecule has 0 N–H and O–H groups in total. The Morgan fingerprint density at radius 1 is 1.37 bits per heavy atom. The maximum absolute atomic E-state index is 11.6. The summed E-state index contributed by atoms with van der Waals surface area (Å²) >= 11 is 0. The third-order valence-corrected chi connectivity index (χ3v) is 3.13. The van der Waals surface area contributed by atoms with Gasteiger partial charge in [0.05, 0.1) is 25.7 Å². The summed E-state index contributed by atoms with van der Waals surface area (Å²) in [6.45, 7) is 4.24. The minimum absolute atomic E-state index is 0.199. The minimum Gasteiger partial charge on any atom is -0.495 e. The van der Waals surface area contributed by atoms with Crippen LogP contribution in [0.1, 0.15) is 18.1 Å². The molecule has 0 saturated carbocycles. The number of ether oxygens (including phenoxy) is 2. The summed E-state index contributed by atoms with van der Waals surface area (Å²) in [7, 11) is 3.61. The van der Waals surface area contributed by atoms with Gasteiger partial charge in [0.25, 0.3) is 0 Å². The first-order chi connectivity index (χ1) is 9.06. The molecule has 0 saturated heterocycles. The molecule has 1 aromatic heterocycles. The van der Waals surface area contributed by atoms with Crippen LogP contribution in [0.4, 0.5) is 0 Å². The number of carbonyl (C=O) groups is 1. The Labute approximate surface area is 112 Å². The SMILES string of the molecule is CCOC(=O)Cc1cn(C)c2c(OC)cc(C)cc12. The molecular weight excluding hydrogens is 242 g/mol. The summed E-state index contributed by atoms with van der Waals surface area (Å²) in [6, 6.07) is 4.07. The molecule has 0 spiro atoms. The van der Waals surface area contributed by atoms with Crippen LogP contribution in [0.3, 0.4) is 0 Å². The molecular formula is C15H19NO3. The van der Waals surface area contributed by atoms with E-state index in [9.17, 15) is 4.79 Å². The predicted octanol–water partition coefficient (Wildman–Crippen LogP) is 2.60. The molecule has 2 rings (SSSR count). The Hall–Kier alpha value is -1.97. The maximum atomic E-state index is 11.6. The van der Waals surface area contributed by atoms with Crippen LogP contribution in [0, 0.1) is 6.92 Å². The van der Waals surface area contributed by atoms with Crippen molar-refractivity contribution in [3.05, 3.63) is 29.5 Å². The van der Waals surface area contributed by atoms with E-state index in [1.165, 1.54) is 0 Å². The fourth-order valence-corrected chi connectivity index (χ4v) is 2.39. The molecule has 0 aliphatic heterocycles. The number of hydrogen-bond donors (Lipinski definition) is 0. The van der Waals surface area contributed by atoms with E-state index in [0.717, 1.165) is 27.8 Å². The maximum Gasteiger partial charge on any atom is 0.310 e. The highest BCUT2D eigenvalue weighted by atomic mass is 16.5. The monoisotopic (exact) mass is 261 g/mol. The van der Waals surface area contributed by atoms with E-state index in [2.05, 4.69) is 6.07 Å². The molecule has 2 aromatic rings. The Kier molecular flexibility index (Phi) is 3.79. The zero-order valence-corrected chi connectivity index (χ0v) is 11.8. The number of benzene rings is 1. The normalized spacial score (nSPS) is 10.7. The van der Waals surface area contributed by atoms with Crippen molar-refractivity contribution in [2.45, 2.75) is 20.3 Å². The van der Waals surface area contributed by atoms with Crippen molar-refractivity contribution < 1.29 is 14.3 Å². The predicted molar refractivity (Wildman–Crippen MR) is 74.5 cm³/mol. The van der Waals surface area contributed by atoms with Gasteiger partial charge in [0.1, 0.15) is 5.75 Å². The fourth-order valence-electron chi connectivity index (χ4n) is 2.39. The van der Waals surface area contributed by atoms with Gasteiger partial charge in [-0.1, -0.05) is 0 Å². The first kappa shape index (κ1) is 13.5. The van der Waals surface area contributed by atoms with Crippen LogP contribution in [0.5, 0.6) is 5.75 Å². The Balaban J connectivity index is 2.51. The zero-order valence-electron chi connectivity index (χ0n) is 11.8. The summed E-state index contributed by atoms with van der Waals surface area (Å²) < 4.78 is 12.4. The second-order valence-corrected chi connectivity index (χ2v) is 4.61. The van der Waals surface area contributed by atoms with Gasteiger partial charge >= 0.3 is 5.97 Å². The topological polar surface area (TPSA) is 40.5 Å². The highest BCUT2D eigenvalue weighted by molar-refractivity contribution is 5.92. The smallest absolute Gasteiger partial charge is 0.310 e. The van der Waals surface area contributed by atoms with Crippen LogP contribution in [0.15, 0.2) is 18.3 Å². The Morgan fingerprint density at radius 3 is 2.74 bits per heavy atom. The van der Waals surface area contributed by atoms with Crippen LogP contribution in [0.2, 0.25) is 0 Å². The van der Waals surface area contributed by atoms with Gasteiger partial charge in [-0.15, -0.1) is 0 Å². The summed E-state index contributed by atoms with van der Waals surface area (Å²) in [5.41, 5.74) is 3.09. The number of aromatic nitrogens is 1. The molecule has 0 bridgehead atoms. The number of nitrogens with zero attached hydrogens (tertiary/aromatic N) is 1. The average molecular weight is 261 g/mol. The van der Waals surface area contributed by atoms with Crippen molar-refractivity contribution in [3.63, 3.8) is 0 Å². The third-order valence-electron chi connectivity index (χ3n) is 3.13. The third kappa shape index (κ3) is 2.57. The van der Waals surface area contributed by atoms with Gasteiger partial charge in [-0.2, -0.15) is 0 Å². The van der Waals surface area contributed by atoms with Gasteiger partial charge in [-0.25, -0.2) is 0 Å². The van der Waals surface area contributed by atoms with Crippen LogP contribution < -0.4 is 4.74 Å². The molecule has 0 amide bonds. The Morgan fingerprint density at radius 2 is 2.11 bits per heavy atom. The van der Waals surface area contributed by atoms with Crippen molar-refractivity contribution in [2.24, 2.45) is 7.05 Å². The largest absolute Gasteiger partial charge is 0.495 e. The lowest BCUT2D eigenvalue weighted by Crippen LogP contribution is -2.07. The van der Waals surface area contributed by atoms with Crippen molar-refractivity contribution in [1.29, 1.82) is 0 Å². The molecule has 1 heterocycles. The van der Waals surface area contributed by atoms with Crippen molar-refractivity contribution in [3.8, 4) is 5.75 Å². The number of rotatable bonds is 4. The summed E-state index contributed by atoms with van der Waals surface area (Å²) in [5.74, 6) is 0.628. The summed E-state index contributed by atoms with van der Waals surface area (Å²) in [6.07, 6.45) is 2.25. The number of fused-ring (bicyclic) bond motifs is 1. The van der Waals surface area contributed by atoms with E-state index < -0.39 is 0 Å². The lowest BCUT2D eigenvalue weighted by molar-refractivity contribution is -0.142.